The summed E-state index contributed by atoms with van der Waals surface area (Å²) in [6.07, 6.45) is 7.83. The fraction of sp³-hybridized carbons (Fsp3) is 0.636. The molecule has 0 atom stereocenters. The lowest BCUT2D eigenvalue weighted by molar-refractivity contribution is 0.506. The molecule has 72 valence electrons. The summed E-state index contributed by atoms with van der Waals surface area (Å²) in [6.45, 7) is 0.917. The quantitative estimate of drug-likeness (QED) is 0.705. The van der Waals surface area contributed by atoms with Gasteiger partial charge in [0.1, 0.15) is 5.83 Å². The van der Waals surface area contributed by atoms with Crippen molar-refractivity contribution >= 4 is 0 Å². The fourth-order valence-electron chi connectivity index (χ4n) is 2.13. The minimum absolute atomic E-state index is 0.121. The number of nitrogens with one attached hydrogen (secondary N) is 1. The molecule has 0 unspecified atom stereocenters. The van der Waals surface area contributed by atoms with E-state index in [1.54, 1.807) is 0 Å². The summed E-state index contributed by atoms with van der Waals surface area (Å²) in [7, 11) is 1.94. The van der Waals surface area contributed by atoms with Gasteiger partial charge in [0.25, 0.3) is 0 Å². The Bertz CT molecular complexity index is 261. The molecule has 0 radical (unpaired) electrons. The van der Waals surface area contributed by atoms with E-state index >= 15 is 0 Å². The van der Waals surface area contributed by atoms with Gasteiger partial charge in [-0.25, -0.2) is 4.39 Å². The van der Waals surface area contributed by atoms with Crippen molar-refractivity contribution in [2.45, 2.75) is 25.7 Å². The van der Waals surface area contributed by atoms with Crippen LogP contribution in [0.3, 0.4) is 0 Å². The van der Waals surface area contributed by atoms with Crippen molar-refractivity contribution in [2.75, 3.05) is 13.6 Å². The lowest BCUT2D eigenvalue weighted by Gasteiger charge is -2.19. The van der Waals surface area contributed by atoms with Crippen LogP contribution in [0.1, 0.15) is 25.7 Å². The monoisotopic (exact) mass is 181 g/mol. The average Bonchev–Trinajstić information content (AvgIpc) is 2.87. The maximum absolute atomic E-state index is 13.5. The average molecular weight is 181 g/mol. The highest BCUT2D eigenvalue weighted by Gasteiger charge is 2.46. The smallest absolute Gasteiger partial charge is 0.104 e. The predicted molar refractivity (Wildman–Crippen MR) is 52.1 cm³/mol. The van der Waals surface area contributed by atoms with Crippen molar-refractivity contribution in [1.82, 2.24) is 5.32 Å². The Morgan fingerprint density at radius 3 is 2.85 bits per heavy atom. The normalized spacial score (nSPS) is 25.1. The minimum atomic E-state index is 0.121. The van der Waals surface area contributed by atoms with Gasteiger partial charge in [-0.3, -0.25) is 0 Å². The fourth-order valence-corrected chi connectivity index (χ4v) is 2.13. The van der Waals surface area contributed by atoms with E-state index in [2.05, 4.69) is 11.4 Å². The highest BCUT2D eigenvalue weighted by atomic mass is 19.1. The molecule has 0 bridgehead atoms. The molecule has 2 rings (SSSR count). The molecular formula is C11H16FN. The van der Waals surface area contributed by atoms with Gasteiger partial charge < -0.3 is 5.32 Å². The maximum Gasteiger partial charge on any atom is 0.104 e. The lowest BCUT2D eigenvalue weighted by atomic mass is 9.90. The van der Waals surface area contributed by atoms with E-state index in [9.17, 15) is 4.39 Å². The molecule has 0 spiro atoms. The van der Waals surface area contributed by atoms with E-state index < -0.39 is 0 Å². The Morgan fingerprint density at radius 1 is 1.54 bits per heavy atom. The Labute approximate surface area is 78.7 Å². The third-order valence-electron chi connectivity index (χ3n) is 3.05. The molecule has 0 aliphatic heterocycles. The van der Waals surface area contributed by atoms with Crippen molar-refractivity contribution in [3.8, 4) is 0 Å². The zero-order valence-corrected chi connectivity index (χ0v) is 8.07. The maximum atomic E-state index is 13.5. The molecular weight excluding hydrogens is 165 g/mol. The summed E-state index contributed by atoms with van der Waals surface area (Å²) in [4.78, 5) is 0. The number of allylic oxidation sites excluding steroid dienone is 3. The molecule has 13 heavy (non-hydrogen) atoms. The molecule has 2 aliphatic carbocycles. The molecule has 1 N–H and O–H groups in total. The second kappa shape index (κ2) is 3.26. The van der Waals surface area contributed by atoms with Crippen LogP contribution >= 0.6 is 0 Å². The number of halogens is 1. The van der Waals surface area contributed by atoms with Crippen LogP contribution < -0.4 is 5.32 Å². The van der Waals surface area contributed by atoms with Crippen molar-refractivity contribution < 1.29 is 4.39 Å². The minimum Gasteiger partial charge on any atom is -0.319 e. The third-order valence-corrected chi connectivity index (χ3v) is 3.05. The Balaban J connectivity index is 2.19. The molecule has 0 amide bonds. The van der Waals surface area contributed by atoms with Gasteiger partial charge in [-0.1, -0.05) is 12.2 Å². The SMILES string of the molecule is CNCC1(C2=C(F)CCC=C2)CC1. The van der Waals surface area contributed by atoms with Gasteiger partial charge >= 0.3 is 0 Å². The first-order chi connectivity index (χ1) is 6.28. The Hall–Kier alpha value is -0.630. The zero-order chi connectivity index (χ0) is 9.31. The van der Waals surface area contributed by atoms with Crippen LogP contribution in [-0.4, -0.2) is 13.6 Å². The number of hydrogen-bond acceptors (Lipinski definition) is 1. The van der Waals surface area contributed by atoms with Crippen LogP contribution in [0.2, 0.25) is 0 Å². The first-order valence-electron chi connectivity index (χ1n) is 4.99. The second-order valence-corrected chi connectivity index (χ2v) is 4.07. The van der Waals surface area contributed by atoms with Crippen LogP contribution in [-0.2, 0) is 0 Å². The third kappa shape index (κ3) is 1.55. The van der Waals surface area contributed by atoms with Crippen molar-refractivity contribution in [3.05, 3.63) is 23.6 Å². The lowest BCUT2D eigenvalue weighted by Crippen LogP contribution is -2.22. The first kappa shape index (κ1) is 8.95. The van der Waals surface area contributed by atoms with E-state index in [1.807, 2.05) is 13.1 Å². The van der Waals surface area contributed by atoms with E-state index in [-0.39, 0.29) is 11.2 Å². The summed E-state index contributed by atoms with van der Waals surface area (Å²) in [5, 5.41) is 3.15. The topological polar surface area (TPSA) is 12.0 Å². The summed E-state index contributed by atoms with van der Waals surface area (Å²) >= 11 is 0. The predicted octanol–water partition coefficient (Wildman–Crippen LogP) is 2.56. The van der Waals surface area contributed by atoms with E-state index in [0.717, 1.165) is 31.4 Å². The number of rotatable bonds is 3. The molecule has 1 saturated carbocycles. The molecule has 0 heterocycles. The Kier molecular flexibility index (Phi) is 2.24. The second-order valence-electron chi connectivity index (χ2n) is 4.07. The van der Waals surface area contributed by atoms with E-state index in [1.165, 1.54) is 0 Å². The van der Waals surface area contributed by atoms with Crippen LogP contribution in [0.4, 0.5) is 4.39 Å². The Morgan fingerprint density at radius 2 is 2.31 bits per heavy atom. The van der Waals surface area contributed by atoms with Gasteiger partial charge in [0.05, 0.1) is 0 Å². The van der Waals surface area contributed by atoms with Gasteiger partial charge in [-0.2, -0.15) is 0 Å². The van der Waals surface area contributed by atoms with Crippen LogP contribution in [0.25, 0.3) is 0 Å². The van der Waals surface area contributed by atoms with Crippen LogP contribution in [0.5, 0.6) is 0 Å². The van der Waals surface area contributed by atoms with Gasteiger partial charge in [0.2, 0.25) is 0 Å². The van der Waals surface area contributed by atoms with Gasteiger partial charge in [-0.15, -0.1) is 0 Å². The molecule has 0 saturated heterocycles. The van der Waals surface area contributed by atoms with Gasteiger partial charge in [-0.05, 0) is 31.9 Å². The van der Waals surface area contributed by atoms with Crippen molar-refractivity contribution in [3.63, 3.8) is 0 Å². The molecule has 2 heteroatoms. The molecule has 1 nitrogen and oxygen atoms in total. The van der Waals surface area contributed by atoms with Gasteiger partial charge in [0, 0.05) is 18.4 Å². The summed E-state index contributed by atoms with van der Waals surface area (Å²) in [5.41, 5.74) is 1.11. The van der Waals surface area contributed by atoms with Crippen LogP contribution in [0, 0.1) is 5.41 Å². The zero-order valence-electron chi connectivity index (χ0n) is 8.07. The molecule has 0 aromatic heterocycles. The van der Waals surface area contributed by atoms with E-state index in [0.29, 0.717) is 6.42 Å². The largest absolute Gasteiger partial charge is 0.319 e. The standard InChI is InChI=1S/C11H16FN/c1-13-8-11(6-7-11)9-4-2-3-5-10(9)12/h2,4,13H,3,5-8H2,1H3. The van der Waals surface area contributed by atoms with Gasteiger partial charge in [0.15, 0.2) is 0 Å². The van der Waals surface area contributed by atoms with E-state index in [4.69, 9.17) is 0 Å². The molecule has 0 aromatic rings. The first-order valence-corrected chi connectivity index (χ1v) is 4.99. The summed E-state index contributed by atoms with van der Waals surface area (Å²) in [6, 6.07) is 0. The summed E-state index contributed by atoms with van der Waals surface area (Å²) < 4.78 is 13.5. The van der Waals surface area contributed by atoms with Crippen molar-refractivity contribution in [1.29, 1.82) is 0 Å². The summed E-state index contributed by atoms with van der Waals surface area (Å²) in [5.74, 6) is 0.121. The highest BCUT2D eigenvalue weighted by molar-refractivity contribution is 5.37. The molecule has 0 aromatic carbocycles. The van der Waals surface area contributed by atoms with Crippen LogP contribution in [0.15, 0.2) is 23.6 Å². The number of hydrogen-bond donors (Lipinski definition) is 1. The van der Waals surface area contributed by atoms with Crippen molar-refractivity contribution in [2.24, 2.45) is 5.41 Å². The molecule has 2 aliphatic rings. The highest BCUT2D eigenvalue weighted by Crippen LogP contribution is 2.54. The molecule has 1 fully saturated rings.